The summed E-state index contributed by atoms with van der Waals surface area (Å²) in [6, 6.07) is 16.1. The van der Waals surface area contributed by atoms with E-state index in [1.54, 1.807) is 11.8 Å². The molecule has 0 saturated heterocycles. The highest BCUT2D eigenvalue weighted by molar-refractivity contribution is 7.99. The summed E-state index contributed by atoms with van der Waals surface area (Å²) in [5.74, 6) is 0.134. The van der Waals surface area contributed by atoms with Crippen molar-refractivity contribution in [2.24, 2.45) is 0 Å². The highest BCUT2D eigenvalue weighted by Crippen LogP contribution is 2.47. The lowest BCUT2D eigenvalue weighted by Crippen LogP contribution is -2.27. The van der Waals surface area contributed by atoms with Crippen molar-refractivity contribution >= 4 is 29.0 Å². The SMILES string of the molecule is CCC(=O)N1c2ccccc2Sc2ccccc21. The Hall–Kier alpha value is -1.74. The molecule has 1 aliphatic rings. The molecule has 2 aromatic rings. The van der Waals surface area contributed by atoms with E-state index in [0.717, 1.165) is 21.2 Å². The minimum atomic E-state index is 0.134. The number of nitrogens with zero attached hydrogens (tertiary/aromatic N) is 1. The van der Waals surface area contributed by atoms with E-state index in [1.807, 2.05) is 48.2 Å². The molecule has 1 amide bonds. The summed E-state index contributed by atoms with van der Waals surface area (Å²) in [6.45, 7) is 1.90. The van der Waals surface area contributed by atoms with Gasteiger partial charge in [0.2, 0.25) is 5.91 Å². The number of amides is 1. The van der Waals surface area contributed by atoms with E-state index < -0.39 is 0 Å². The van der Waals surface area contributed by atoms with Gasteiger partial charge in [0.15, 0.2) is 0 Å². The number of anilines is 2. The first kappa shape index (κ1) is 11.4. The maximum Gasteiger partial charge on any atom is 0.231 e. The van der Waals surface area contributed by atoms with Gasteiger partial charge < -0.3 is 0 Å². The van der Waals surface area contributed by atoms with E-state index >= 15 is 0 Å². The Balaban J connectivity index is 2.20. The molecule has 0 atom stereocenters. The van der Waals surface area contributed by atoms with Crippen LogP contribution in [0.25, 0.3) is 0 Å². The third kappa shape index (κ3) is 1.71. The summed E-state index contributed by atoms with van der Waals surface area (Å²) >= 11 is 1.72. The predicted octanol–water partition coefficient (Wildman–Crippen LogP) is 4.23. The van der Waals surface area contributed by atoms with Crippen LogP contribution in [0.4, 0.5) is 11.4 Å². The average Bonchev–Trinajstić information content (AvgIpc) is 2.44. The Kier molecular flexibility index (Phi) is 2.84. The Morgan fingerprint density at radius 2 is 1.50 bits per heavy atom. The van der Waals surface area contributed by atoms with Gasteiger partial charge >= 0.3 is 0 Å². The van der Waals surface area contributed by atoms with Crippen LogP contribution >= 0.6 is 11.8 Å². The highest BCUT2D eigenvalue weighted by atomic mass is 32.2. The van der Waals surface area contributed by atoms with Crippen LogP contribution in [0.1, 0.15) is 13.3 Å². The van der Waals surface area contributed by atoms with Gasteiger partial charge in [-0.15, -0.1) is 0 Å². The van der Waals surface area contributed by atoms with Crippen molar-refractivity contribution in [3.8, 4) is 0 Å². The number of hydrogen-bond donors (Lipinski definition) is 0. The second-order valence-electron chi connectivity index (χ2n) is 4.12. The van der Waals surface area contributed by atoms with E-state index in [1.165, 1.54) is 0 Å². The van der Waals surface area contributed by atoms with Gasteiger partial charge in [-0.1, -0.05) is 43.0 Å². The maximum atomic E-state index is 12.2. The van der Waals surface area contributed by atoms with Crippen molar-refractivity contribution in [1.82, 2.24) is 0 Å². The predicted molar refractivity (Wildman–Crippen MR) is 74.4 cm³/mol. The van der Waals surface area contributed by atoms with E-state index in [-0.39, 0.29) is 5.91 Å². The fourth-order valence-electron chi connectivity index (χ4n) is 2.13. The maximum absolute atomic E-state index is 12.2. The van der Waals surface area contributed by atoms with Crippen LogP contribution in [0.15, 0.2) is 58.3 Å². The van der Waals surface area contributed by atoms with Gasteiger partial charge in [-0.3, -0.25) is 9.69 Å². The summed E-state index contributed by atoms with van der Waals surface area (Å²) in [6.07, 6.45) is 0.507. The second kappa shape index (κ2) is 4.50. The molecule has 0 fully saturated rings. The lowest BCUT2D eigenvalue weighted by molar-refractivity contribution is -0.117. The van der Waals surface area contributed by atoms with E-state index in [0.29, 0.717) is 6.42 Å². The third-order valence-electron chi connectivity index (χ3n) is 2.98. The van der Waals surface area contributed by atoms with Crippen molar-refractivity contribution in [3.05, 3.63) is 48.5 Å². The molecule has 0 spiro atoms. The van der Waals surface area contributed by atoms with Crippen molar-refractivity contribution in [2.45, 2.75) is 23.1 Å². The summed E-state index contributed by atoms with van der Waals surface area (Å²) < 4.78 is 0. The molecule has 3 rings (SSSR count). The Morgan fingerprint density at radius 1 is 1.00 bits per heavy atom. The minimum absolute atomic E-state index is 0.134. The van der Waals surface area contributed by atoms with Crippen molar-refractivity contribution in [2.75, 3.05) is 4.90 Å². The average molecular weight is 255 g/mol. The first-order valence-corrected chi connectivity index (χ1v) is 6.82. The molecular formula is C15H13NOS. The quantitative estimate of drug-likeness (QED) is 0.760. The molecular weight excluding hydrogens is 242 g/mol. The van der Waals surface area contributed by atoms with E-state index in [9.17, 15) is 4.79 Å². The largest absolute Gasteiger partial charge is 0.279 e. The van der Waals surface area contributed by atoms with Gasteiger partial charge in [0, 0.05) is 16.2 Å². The lowest BCUT2D eigenvalue weighted by Gasteiger charge is -2.30. The van der Waals surface area contributed by atoms with Crippen LogP contribution in [0.3, 0.4) is 0 Å². The third-order valence-corrected chi connectivity index (χ3v) is 4.11. The van der Waals surface area contributed by atoms with Crippen molar-refractivity contribution in [1.29, 1.82) is 0 Å². The molecule has 0 aromatic heterocycles. The van der Waals surface area contributed by atoms with Crippen LogP contribution in [-0.2, 0) is 4.79 Å². The smallest absolute Gasteiger partial charge is 0.231 e. The molecule has 3 heteroatoms. The number of fused-ring (bicyclic) bond motifs is 2. The second-order valence-corrected chi connectivity index (χ2v) is 5.20. The molecule has 1 heterocycles. The number of carbonyl (C=O) groups excluding carboxylic acids is 1. The topological polar surface area (TPSA) is 20.3 Å². The molecule has 0 N–H and O–H groups in total. The summed E-state index contributed by atoms with van der Waals surface area (Å²) in [5.41, 5.74) is 1.99. The molecule has 0 radical (unpaired) electrons. The summed E-state index contributed by atoms with van der Waals surface area (Å²) in [4.78, 5) is 16.3. The fraction of sp³-hybridized carbons (Fsp3) is 0.133. The van der Waals surface area contributed by atoms with Gasteiger partial charge in [0.05, 0.1) is 11.4 Å². The zero-order valence-corrected chi connectivity index (χ0v) is 10.9. The molecule has 18 heavy (non-hydrogen) atoms. The van der Waals surface area contributed by atoms with Gasteiger partial charge in [-0.2, -0.15) is 0 Å². The molecule has 0 bridgehead atoms. The molecule has 0 aliphatic carbocycles. The van der Waals surface area contributed by atoms with Crippen LogP contribution in [0.2, 0.25) is 0 Å². The van der Waals surface area contributed by atoms with Crippen molar-refractivity contribution < 1.29 is 4.79 Å². The Morgan fingerprint density at radius 3 is 2.00 bits per heavy atom. The zero-order valence-electron chi connectivity index (χ0n) is 10.1. The standard InChI is InChI=1S/C15H13NOS/c1-2-15(17)16-11-7-3-5-9-13(11)18-14-10-6-4-8-12(14)16/h3-10H,2H2,1H3. The minimum Gasteiger partial charge on any atom is -0.279 e. The summed E-state index contributed by atoms with van der Waals surface area (Å²) in [7, 11) is 0. The number of para-hydroxylation sites is 2. The number of hydrogen-bond acceptors (Lipinski definition) is 2. The molecule has 0 unspecified atom stereocenters. The molecule has 90 valence electrons. The zero-order chi connectivity index (χ0) is 12.5. The first-order chi connectivity index (χ1) is 8.81. The normalized spacial score (nSPS) is 12.8. The highest BCUT2D eigenvalue weighted by Gasteiger charge is 2.26. The van der Waals surface area contributed by atoms with Gasteiger partial charge in [-0.25, -0.2) is 0 Å². The van der Waals surface area contributed by atoms with E-state index in [4.69, 9.17) is 0 Å². The Bertz CT molecular complexity index is 563. The molecule has 2 aromatic carbocycles. The number of carbonyl (C=O) groups is 1. The molecule has 1 aliphatic heterocycles. The van der Waals surface area contributed by atoms with Gasteiger partial charge in [0.1, 0.15) is 0 Å². The van der Waals surface area contributed by atoms with Crippen LogP contribution in [-0.4, -0.2) is 5.91 Å². The van der Waals surface area contributed by atoms with Gasteiger partial charge in [-0.05, 0) is 24.3 Å². The van der Waals surface area contributed by atoms with Crippen molar-refractivity contribution in [3.63, 3.8) is 0 Å². The van der Waals surface area contributed by atoms with Crippen LogP contribution in [0, 0.1) is 0 Å². The fourth-order valence-corrected chi connectivity index (χ4v) is 3.19. The Labute approximate surface area is 111 Å². The molecule has 2 nitrogen and oxygen atoms in total. The summed E-state index contributed by atoms with van der Waals surface area (Å²) in [5, 5.41) is 0. The van der Waals surface area contributed by atoms with Crippen LogP contribution < -0.4 is 4.90 Å². The molecule has 0 saturated carbocycles. The number of rotatable bonds is 1. The lowest BCUT2D eigenvalue weighted by atomic mass is 10.2. The van der Waals surface area contributed by atoms with Crippen LogP contribution in [0.5, 0.6) is 0 Å². The number of benzene rings is 2. The van der Waals surface area contributed by atoms with E-state index in [2.05, 4.69) is 12.1 Å². The first-order valence-electron chi connectivity index (χ1n) is 6.00. The van der Waals surface area contributed by atoms with Gasteiger partial charge in [0.25, 0.3) is 0 Å². The monoisotopic (exact) mass is 255 g/mol.